The van der Waals surface area contributed by atoms with Gasteiger partial charge in [-0.15, -0.1) is 11.3 Å². The van der Waals surface area contributed by atoms with E-state index in [9.17, 15) is 0 Å². The Balaban J connectivity index is 2.16. The molecule has 1 atom stereocenters. The molecule has 0 radical (unpaired) electrons. The Kier molecular flexibility index (Phi) is 3.53. The lowest BCUT2D eigenvalue weighted by atomic mass is 9.99. The molecule has 2 aromatic heterocycles. The molecule has 1 unspecified atom stereocenters. The van der Waals surface area contributed by atoms with E-state index in [1.807, 2.05) is 18.5 Å². The van der Waals surface area contributed by atoms with Crippen molar-refractivity contribution in [3.63, 3.8) is 0 Å². The monoisotopic (exact) mass is 283 g/mol. The van der Waals surface area contributed by atoms with Gasteiger partial charge in [-0.05, 0) is 42.5 Å². The van der Waals surface area contributed by atoms with Crippen LogP contribution in [0.3, 0.4) is 0 Å². The van der Waals surface area contributed by atoms with Crippen LogP contribution in [-0.4, -0.2) is 4.98 Å². The Labute approximate surface area is 122 Å². The van der Waals surface area contributed by atoms with Gasteiger partial charge in [0.1, 0.15) is 0 Å². The standard InChI is InChI=1S/C16H17N3S/c1-10-8-15(20-11(10)2)16(19-17)13-5-3-4-12-6-7-18-9-14(12)13/h3-9,16,19H,17H2,1-2H3. The highest BCUT2D eigenvalue weighted by atomic mass is 32.1. The summed E-state index contributed by atoms with van der Waals surface area (Å²) in [6, 6.07) is 10.5. The second kappa shape index (κ2) is 5.32. The van der Waals surface area contributed by atoms with Crippen molar-refractivity contribution in [2.45, 2.75) is 19.9 Å². The molecule has 0 saturated heterocycles. The summed E-state index contributed by atoms with van der Waals surface area (Å²) in [5, 5.41) is 2.32. The first kappa shape index (κ1) is 13.2. The molecule has 102 valence electrons. The molecule has 20 heavy (non-hydrogen) atoms. The van der Waals surface area contributed by atoms with Gasteiger partial charge in [0.25, 0.3) is 0 Å². The highest BCUT2D eigenvalue weighted by Crippen LogP contribution is 2.33. The molecule has 0 spiro atoms. The molecule has 0 bridgehead atoms. The maximum atomic E-state index is 5.82. The van der Waals surface area contributed by atoms with Crippen molar-refractivity contribution in [2.24, 2.45) is 5.84 Å². The zero-order valence-electron chi connectivity index (χ0n) is 11.6. The second-order valence-electron chi connectivity index (χ2n) is 4.93. The van der Waals surface area contributed by atoms with Gasteiger partial charge in [0.15, 0.2) is 0 Å². The molecular weight excluding hydrogens is 266 g/mol. The number of rotatable bonds is 3. The van der Waals surface area contributed by atoms with Crippen LogP contribution in [0, 0.1) is 13.8 Å². The maximum Gasteiger partial charge on any atom is 0.0809 e. The molecular formula is C16H17N3S. The number of aryl methyl sites for hydroxylation is 2. The lowest BCUT2D eigenvalue weighted by Crippen LogP contribution is -2.28. The Morgan fingerprint density at radius 2 is 2.10 bits per heavy atom. The molecule has 1 aromatic carbocycles. The third kappa shape index (κ3) is 2.22. The highest BCUT2D eigenvalue weighted by Gasteiger charge is 2.17. The Hall–Kier alpha value is -1.75. The fourth-order valence-electron chi connectivity index (χ4n) is 2.46. The Morgan fingerprint density at radius 1 is 1.25 bits per heavy atom. The summed E-state index contributed by atoms with van der Waals surface area (Å²) in [5.41, 5.74) is 5.42. The molecule has 0 aliphatic heterocycles. The smallest absolute Gasteiger partial charge is 0.0809 e. The largest absolute Gasteiger partial charge is 0.271 e. The number of thiophene rings is 1. The first-order chi connectivity index (χ1) is 9.70. The Bertz CT molecular complexity index is 724. The third-order valence-corrected chi connectivity index (χ3v) is 4.88. The number of nitrogens with zero attached hydrogens (tertiary/aromatic N) is 1. The minimum Gasteiger partial charge on any atom is -0.271 e. The van der Waals surface area contributed by atoms with Crippen molar-refractivity contribution in [2.75, 3.05) is 0 Å². The number of fused-ring (bicyclic) bond motifs is 1. The summed E-state index contributed by atoms with van der Waals surface area (Å²) in [7, 11) is 0. The van der Waals surface area contributed by atoms with E-state index in [4.69, 9.17) is 5.84 Å². The number of aromatic nitrogens is 1. The van der Waals surface area contributed by atoms with Crippen LogP contribution in [0.25, 0.3) is 10.8 Å². The summed E-state index contributed by atoms with van der Waals surface area (Å²) in [6.07, 6.45) is 3.72. The number of nitrogens with two attached hydrogens (primary N) is 1. The van der Waals surface area contributed by atoms with Gasteiger partial charge in [0.05, 0.1) is 6.04 Å². The van der Waals surface area contributed by atoms with Gasteiger partial charge in [-0.2, -0.15) is 0 Å². The van der Waals surface area contributed by atoms with Crippen LogP contribution in [0.5, 0.6) is 0 Å². The minimum atomic E-state index is 0.000278. The molecule has 3 rings (SSSR count). The van der Waals surface area contributed by atoms with E-state index < -0.39 is 0 Å². The molecule has 4 heteroatoms. The molecule has 0 aliphatic rings. The predicted octanol–water partition coefficient (Wildman–Crippen LogP) is 3.47. The summed E-state index contributed by atoms with van der Waals surface area (Å²) >= 11 is 1.79. The number of hydrazine groups is 1. The topological polar surface area (TPSA) is 50.9 Å². The van der Waals surface area contributed by atoms with Crippen LogP contribution >= 0.6 is 11.3 Å². The van der Waals surface area contributed by atoms with E-state index >= 15 is 0 Å². The van der Waals surface area contributed by atoms with Gasteiger partial charge in [-0.3, -0.25) is 10.8 Å². The zero-order chi connectivity index (χ0) is 14.1. The fraction of sp³-hybridized carbons (Fsp3) is 0.188. The van der Waals surface area contributed by atoms with Crippen LogP contribution in [0.15, 0.2) is 42.7 Å². The number of benzene rings is 1. The number of nitrogens with one attached hydrogen (secondary N) is 1. The van der Waals surface area contributed by atoms with Crippen LogP contribution in [0.2, 0.25) is 0 Å². The molecule has 2 heterocycles. The lowest BCUT2D eigenvalue weighted by molar-refractivity contribution is 0.650. The second-order valence-corrected chi connectivity index (χ2v) is 6.22. The van der Waals surface area contributed by atoms with E-state index in [0.717, 1.165) is 5.39 Å². The maximum absolute atomic E-state index is 5.82. The zero-order valence-corrected chi connectivity index (χ0v) is 12.4. The summed E-state index contributed by atoms with van der Waals surface area (Å²) in [4.78, 5) is 6.81. The first-order valence-electron chi connectivity index (χ1n) is 6.56. The Morgan fingerprint density at radius 3 is 2.80 bits per heavy atom. The van der Waals surface area contributed by atoms with Gasteiger partial charge >= 0.3 is 0 Å². The highest BCUT2D eigenvalue weighted by molar-refractivity contribution is 7.12. The summed E-state index contributed by atoms with van der Waals surface area (Å²) in [6.45, 7) is 4.27. The molecule has 3 nitrogen and oxygen atoms in total. The van der Waals surface area contributed by atoms with Crippen LogP contribution < -0.4 is 11.3 Å². The van der Waals surface area contributed by atoms with Gasteiger partial charge < -0.3 is 0 Å². The van der Waals surface area contributed by atoms with Crippen LogP contribution in [0.1, 0.15) is 26.9 Å². The van der Waals surface area contributed by atoms with Crippen molar-refractivity contribution >= 4 is 22.1 Å². The van der Waals surface area contributed by atoms with Crippen molar-refractivity contribution in [1.82, 2.24) is 10.4 Å². The van der Waals surface area contributed by atoms with E-state index in [2.05, 4.69) is 48.5 Å². The molecule has 3 aromatic rings. The molecule has 3 N–H and O–H groups in total. The normalized spacial score (nSPS) is 12.8. The number of hydrogen-bond acceptors (Lipinski definition) is 4. The quantitative estimate of drug-likeness (QED) is 0.571. The molecule has 0 aliphatic carbocycles. The lowest BCUT2D eigenvalue weighted by Gasteiger charge is -2.17. The van der Waals surface area contributed by atoms with Crippen molar-refractivity contribution in [1.29, 1.82) is 0 Å². The fourth-order valence-corrected chi connectivity index (χ4v) is 3.58. The van der Waals surface area contributed by atoms with E-state index in [-0.39, 0.29) is 6.04 Å². The summed E-state index contributed by atoms with van der Waals surface area (Å²) in [5.74, 6) is 5.82. The third-order valence-electron chi connectivity index (χ3n) is 3.66. The molecule has 0 saturated carbocycles. The number of pyridine rings is 1. The molecule has 0 fully saturated rings. The SMILES string of the molecule is Cc1cc(C(NN)c2cccc3ccncc23)sc1C. The van der Waals surface area contributed by atoms with E-state index in [1.165, 1.54) is 26.3 Å². The van der Waals surface area contributed by atoms with Crippen molar-refractivity contribution < 1.29 is 0 Å². The van der Waals surface area contributed by atoms with Crippen LogP contribution in [-0.2, 0) is 0 Å². The van der Waals surface area contributed by atoms with Gasteiger partial charge in [0.2, 0.25) is 0 Å². The van der Waals surface area contributed by atoms with Gasteiger partial charge in [-0.25, -0.2) is 5.43 Å². The average Bonchev–Trinajstić information content (AvgIpc) is 2.79. The average molecular weight is 283 g/mol. The summed E-state index contributed by atoms with van der Waals surface area (Å²) < 4.78 is 0. The van der Waals surface area contributed by atoms with Gasteiger partial charge in [-0.1, -0.05) is 18.2 Å². The van der Waals surface area contributed by atoms with E-state index in [1.54, 1.807) is 11.3 Å². The van der Waals surface area contributed by atoms with Crippen LogP contribution in [0.4, 0.5) is 0 Å². The van der Waals surface area contributed by atoms with Crippen molar-refractivity contribution in [3.8, 4) is 0 Å². The minimum absolute atomic E-state index is 0.000278. The van der Waals surface area contributed by atoms with E-state index in [0.29, 0.717) is 0 Å². The van der Waals surface area contributed by atoms with Crippen molar-refractivity contribution in [3.05, 3.63) is 63.6 Å². The predicted molar refractivity (Wildman–Crippen MR) is 84.7 cm³/mol. The first-order valence-corrected chi connectivity index (χ1v) is 7.38. The van der Waals surface area contributed by atoms with Gasteiger partial charge in [0, 0.05) is 27.5 Å². The number of hydrogen-bond donors (Lipinski definition) is 2. The molecule has 0 amide bonds.